The lowest BCUT2D eigenvalue weighted by atomic mass is 9.88. The van der Waals surface area contributed by atoms with Crippen LogP contribution in [0.5, 0.6) is 0 Å². The molecule has 1 amide bonds. The fourth-order valence-electron chi connectivity index (χ4n) is 2.31. The SMILES string of the molecule is CCCCC(C)C1NC(=O)C(C(C)=O)C1O. The predicted octanol–water partition coefficient (Wildman–Crippen LogP) is 0.877. The molecule has 1 aliphatic heterocycles. The third-order valence-corrected chi connectivity index (χ3v) is 3.36. The summed E-state index contributed by atoms with van der Waals surface area (Å²) in [5.74, 6) is -1.24. The quantitative estimate of drug-likeness (QED) is 0.685. The standard InChI is InChI=1S/C12H21NO3/c1-4-5-6-7(2)10-11(15)9(8(3)14)12(16)13-10/h7,9-11,15H,4-6H2,1-3H3,(H,13,16). The van der Waals surface area contributed by atoms with Gasteiger partial charge in [0.15, 0.2) is 0 Å². The highest BCUT2D eigenvalue weighted by molar-refractivity contribution is 6.02. The molecule has 4 heteroatoms. The molecule has 16 heavy (non-hydrogen) atoms. The van der Waals surface area contributed by atoms with E-state index in [1.807, 2.05) is 6.92 Å². The van der Waals surface area contributed by atoms with Gasteiger partial charge in [-0.2, -0.15) is 0 Å². The summed E-state index contributed by atoms with van der Waals surface area (Å²) in [6, 6.07) is -0.270. The lowest BCUT2D eigenvalue weighted by Gasteiger charge is -2.22. The Morgan fingerprint density at radius 2 is 2.19 bits per heavy atom. The average molecular weight is 227 g/mol. The maximum absolute atomic E-state index is 11.5. The average Bonchev–Trinajstić information content (AvgIpc) is 2.50. The van der Waals surface area contributed by atoms with Crippen molar-refractivity contribution in [1.29, 1.82) is 0 Å². The second-order valence-electron chi connectivity index (χ2n) is 4.73. The molecule has 0 spiro atoms. The van der Waals surface area contributed by atoms with Gasteiger partial charge in [-0.25, -0.2) is 0 Å². The molecule has 4 nitrogen and oxygen atoms in total. The zero-order valence-corrected chi connectivity index (χ0v) is 10.2. The van der Waals surface area contributed by atoms with Gasteiger partial charge < -0.3 is 10.4 Å². The Labute approximate surface area is 96.4 Å². The molecule has 4 atom stereocenters. The second kappa shape index (κ2) is 5.43. The first-order valence-electron chi connectivity index (χ1n) is 5.98. The number of hydrogen-bond acceptors (Lipinski definition) is 3. The van der Waals surface area contributed by atoms with E-state index in [2.05, 4.69) is 12.2 Å². The van der Waals surface area contributed by atoms with Crippen molar-refractivity contribution >= 4 is 11.7 Å². The van der Waals surface area contributed by atoms with Crippen molar-refractivity contribution in [2.24, 2.45) is 11.8 Å². The predicted molar refractivity (Wildman–Crippen MR) is 60.8 cm³/mol. The van der Waals surface area contributed by atoms with E-state index in [9.17, 15) is 14.7 Å². The van der Waals surface area contributed by atoms with Crippen LogP contribution < -0.4 is 5.32 Å². The first-order valence-corrected chi connectivity index (χ1v) is 5.98. The molecule has 92 valence electrons. The lowest BCUT2D eigenvalue weighted by Crippen LogP contribution is -2.38. The molecule has 1 saturated heterocycles. The Kier molecular flexibility index (Phi) is 4.47. The molecule has 1 rings (SSSR count). The van der Waals surface area contributed by atoms with Gasteiger partial charge in [0.2, 0.25) is 5.91 Å². The van der Waals surface area contributed by atoms with E-state index in [4.69, 9.17) is 0 Å². The van der Waals surface area contributed by atoms with Gasteiger partial charge in [-0.1, -0.05) is 26.7 Å². The minimum atomic E-state index is -0.867. The maximum Gasteiger partial charge on any atom is 0.233 e. The van der Waals surface area contributed by atoms with E-state index < -0.39 is 12.0 Å². The highest BCUT2D eigenvalue weighted by Crippen LogP contribution is 2.25. The van der Waals surface area contributed by atoms with Crippen LogP contribution in [0.3, 0.4) is 0 Å². The minimum Gasteiger partial charge on any atom is -0.390 e. The summed E-state index contributed by atoms with van der Waals surface area (Å²) in [7, 11) is 0. The summed E-state index contributed by atoms with van der Waals surface area (Å²) in [6.07, 6.45) is 2.27. The summed E-state index contributed by atoms with van der Waals surface area (Å²) in [6.45, 7) is 5.47. The molecule has 0 saturated carbocycles. The van der Waals surface area contributed by atoms with Crippen LogP contribution in [0.2, 0.25) is 0 Å². The van der Waals surface area contributed by atoms with Gasteiger partial charge in [0.05, 0.1) is 12.1 Å². The van der Waals surface area contributed by atoms with E-state index in [1.54, 1.807) is 0 Å². The number of hydrogen-bond donors (Lipinski definition) is 2. The highest BCUT2D eigenvalue weighted by Gasteiger charge is 2.45. The third-order valence-electron chi connectivity index (χ3n) is 3.36. The van der Waals surface area contributed by atoms with Crippen molar-refractivity contribution in [2.75, 3.05) is 0 Å². The first-order chi connectivity index (χ1) is 7.49. The lowest BCUT2D eigenvalue weighted by molar-refractivity contribution is -0.132. The molecule has 0 aromatic heterocycles. The Balaban J connectivity index is 2.64. The number of aliphatic hydroxyl groups excluding tert-OH is 1. The fourth-order valence-corrected chi connectivity index (χ4v) is 2.31. The fraction of sp³-hybridized carbons (Fsp3) is 0.833. The van der Waals surface area contributed by atoms with E-state index in [1.165, 1.54) is 6.92 Å². The number of aliphatic hydroxyl groups is 1. The van der Waals surface area contributed by atoms with Crippen molar-refractivity contribution in [3.8, 4) is 0 Å². The van der Waals surface area contributed by atoms with Crippen LogP contribution in [-0.2, 0) is 9.59 Å². The van der Waals surface area contributed by atoms with Gasteiger partial charge in [-0.15, -0.1) is 0 Å². The molecule has 1 heterocycles. The van der Waals surface area contributed by atoms with Gasteiger partial charge in [-0.3, -0.25) is 9.59 Å². The monoisotopic (exact) mass is 227 g/mol. The van der Waals surface area contributed by atoms with Crippen molar-refractivity contribution < 1.29 is 14.7 Å². The molecular formula is C12H21NO3. The number of ketones is 1. The Morgan fingerprint density at radius 1 is 1.56 bits per heavy atom. The molecule has 0 aromatic rings. The van der Waals surface area contributed by atoms with Gasteiger partial charge in [0.25, 0.3) is 0 Å². The van der Waals surface area contributed by atoms with Crippen LogP contribution in [0, 0.1) is 11.8 Å². The zero-order chi connectivity index (χ0) is 12.3. The molecule has 0 bridgehead atoms. The van der Waals surface area contributed by atoms with Crippen molar-refractivity contribution in [3.05, 3.63) is 0 Å². The van der Waals surface area contributed by atoms with Crippen LogP contribution in [0.1, 0.15) is 40.0 Å². The normalized spacial score (nSPS) is 31.2. The Bertz CT molecular complexity index is 277. The summed E-state index contributed by atoms with van der Waals surface area (Å²) in [5, 5.41) is 12.7. The van der Waals surface area contributed by atoms with Crippen LogP contribution in [0.25, 0.3) is 0 Å². The summed E-state index contributed by atoms with van der Waals surface area (Å²) in [5.41, 5.74) is 0. The van der Waals surface area contributed by atoms with E-state index in [-0.39, 0.29) is 23.7 Å². The molecule has 0 radical (unpaired) electrons. The summed E-state index contributed by atoms with van der Waals surface area (Å²) >= 11 is 0. The van der Waals surface area contributed by atoms with Crippen LogP contribution in [0.4, 0.5) is 0 Å². The largest absolute Gasteiger partial charge is 0.390 e. The van der Waals surface area contributed by atoms with Crippen LogP contribution in [0.15, 0.2) is 0 Å². The number of carbonyl (C=O) groups excluding carboxylic acids is 2. The van der Waals surface area contributed by atoms with Crippen molar-refractivity contribution in [2.45, 2.75) is 52.2 Å². The summed E-state index contributed by atoms with van der Waals surface area (Å²) in [4.78, 5) is 22.8. The number of unbranched alkanes of at least 4 members (excludes halogenated alkanes) is 1. The molecule has 2 N–H and O–H groups in total. The molecule has 0 aromatic carbocycles. The zero-order valence-electron chi connectivity index (χ0n) is 10.2. The first kappa shape index (κ1) is 13.2. The number of Topliss-reactive ketones (excluding diaryl/α,β-unsaturated/α-hetero) is 1. The number of amides is 1. The van der Waals surface area contributed by atoms with Gasteiger partial charge in [0, 0.05) is 0 Å². The van der Waals surface area contributed by atoms with E-state index >= 15 is 0 Å². The number of carbonyl (C=O) groups is 2. The molecular weight excluding hydrogens is 206 g/mol. The van der Waals surface area contributed by atoms with E-state index in [0.717, 1.165) is 19.3 Å². The van der Waals surface area contributed by atoms with Crippen LogP contribution >= 0.6 is 0 Å². The number of nitrogens with one attached hydrogen (secondary N) is 1. The van der Waals surface area contributed by atoms with Crippen molar-refractivity contribution in [1.82, 2.24) is 5.32 Å². The Hall–Kier alpha value is -0.900. The van der Waals surface area contributed by atoms with Gasteiger partial charge >= 0.3 is 0 Å². The smallest absolute Gasteiger partial charge is 0.233 e. The second-order valence-corrected chi connectivity index (χ2v) is 4.73. The molecule has 0 aliphatic carbocycles. The Morgan fingerprint density at radius 3 is 2.62 bits per heavy atom. The molecule has 1 aliphatic rings. The third kappa shape index (κ3) is 2.61. The minimum absolute atomic E-state index is 0.211. The van der Waals surface area contributed by atoms with Crippen LogP contribution in [-0.4, -0.2) is 28.9 Å². The molecule has 4 unspecified atom stereocenters. The van der Waals surface area contributed by atoms with Gasteiger partial charge in [-0.05, 0) is 19.3 Å². The highest BCUT2D eigenvalue weighted by atomic mass is 16.3. The topological polar surface area (TPSA) is 66.4 Å². The van der Waals surface area contributed by atoms with Gasteiger partial charge in [0.1, 0.15) is 11.7 Å². The molecule has 1 fully saturated rings. The van der Waals surface area contributed by atoms with E-state index in [0.29, 0.717) is 0 Å². The maximum atomic E-state index is 11.5. The number of rotatable bonds is 5. The summed E-state index contributed by atoms with van der Waals surface area (Å²) < 4.78 is 0. The van der Waals surface area contributed by atoms with Crippen molar-refractivity contribution in [3.63, 3.8) is 0 Å².